The molecule has 2 aromatic heterocycles. The van der Waals surface area contributed by atoms with Crippen LogP contribution in [0.2, 0.25) is 5.02 Å². The number of nitrogens with one attached hydrogen (secondary N) is 2. The van der Waals surface area contributed by atoms with Crippen LogP contribution >= 0.6 is 11.6 Å². The topological polar surface area (TPSA) is 151 Å². The zero-order chi connectivity index (χ0) is 22.1. The van der Waals surface area contributed by atoms with Crippen molar-refractivity contribution < 1.29 is 24.5 Å². The number of amides is 2. The highest BCUT2D eigenvalue weighted by Gasteiger charge is 2.47. The molecule has 0 saturated carbocycles. The Labute approximate surface area is 181 Å². The number of nitrogens with zero attached hydrogens (tertiary/aromatic N) is 4. The summed E-state index contributed by atoms with van der Waals surface area (Å²) >= 11 is 5.85. The van der Waals surface area contributed by atoms with Crippen LogP contribution in [0.4, 0.5) is 5.82 Å². The quantitative estimate of drug-likeness (QED) is 0.442. The Morgan fingerprint density at radius 1 is 1.16 bits per heavy atom. The number of hydrogen-bond donors (Lipinski definition) is 4. The Balaban J connectivity index is 1.61. The largest absolute Gasteiger partial charge is 0.387 e. The van der Waals surface area contributed by atoms with Crippen molar-refractivity contribution in [1.82, 2.24) is 24.8 Å². The van der Waals surface area contributed by atoms with Gasteiger partial charge in [-0.15, -0.1) is 0 Å². The highest BCUT2D eigenvalue weighted by Crippen LogP contribution is 2.32. The molecule has 4 atom stereocenters. The summed E-state index contributed by atoms with van der Waals surface area (Å²) in [6, 6.07) is 6.33. The molecule has 1 aromatic carbocycles. The first-order valence-corrected chi connectivity index (χ1v) is 9.82. The lowest BCUT2D eigenvalue weighted by Crippen LogP contribution is -2.42. The third-order valence-corrected chi connectivity index (χ3v) is 5.07. The number of hydrogen-bond acceptors (Lipinski definition) is 8. The molecule has 3 heterocycles. The molecule has 0 aliphatic carbocycles. The monoisotopic (exact) mass is 446 g/mol. The Morgan fingerprint density at radius 2 is 1.90 bits per heavy atom. The zero-order valence-corrected chi connectivity index (χ0v) is 17.0. The van der Waals surface area contributed by atoms with Crippen molar-refractivity contribution in [2.24, 2.45) is 0 Å². The van der Waals surface area contributed by atoms with Gasteiger partial charge < -0.3 is 25.6 Å². The predicted octanol–water partition coefficient (Wildman–Crippen LogP) is 0.487. The molecular weight excluding hydrogens is 428 g/mol. The number of benzene rings is 1. The third kappa shape index (κ3) is 3.95. The summed E-state index contributed by atoms with van der Waals surface area (Å²) in [4.78, 5) is 37.1. The Kier molecular flexibility index (Phi) is 5.83. The van der Waals surface area contributed by atoms with E-state index in [1.165, 1.54) is 17.2 Å². The van der Waals surface area contributed by atoms with E-state index in [1.807, 2.05) is 0 Å². The van der Waals surface area contributed by atoms with Crippen LogP contribution in [0.1, 0.15) is 23.5 Å². The summed E-state index contributed by atoms with van der Waals surface area (Å²) in [7, 11) is 0. The summed E-state index contributed by atoms with van der Waals surface area (Å²) in [6.45, 7) is 2.08. The predicted molar refractivity (Wildman–Crippen MR) is 109 cm³/mol. The molecule has 11 nitrogen and oxygen atoms in total. The number of fused-ring (bicyclic) bond motifs is 1. The second-order valence-electron chi connectivity index (χ2n) is 6.83. The fourth-order valence-corrected chi connectivity index (χ4v) is 3.42. The minimum Gasteiger partial charge on any atom is -0.387 e. The average molecular weight is 447 g/mol. The van der Waals surface area contributed by atoms with Gasteiger partial charge in [0, 0.05) is 17.1 Å². The van der Waals surface area contributed by atoms with Crippen LogP contribution in [0.25, 0.3) is 11.2 Å². The van der Waals surface area contributed by atoms with Crippen LogP contribution in [0.3, 0.4) is 0 Å². The number of anilines is 1. The van der Waals surface area contributed by atoms with Gasteiger partial charge in [0.25, 0.3) is 11.8 Å². The van der Waals surface area contributed by atoms with Crippen molar-refractivity contribution in [2.75, 3.05) is 11.9 Å². The second kappa shape index (κ2) is 8.55. The van der Waals surface area contributed by atoms with E-state index in [4.69, 9.17) is 16.3 Å². The fraction of sp³-hybridized carbons (Fsp3) is 0.316. The van der Waals surface area contributed by atoms with E-state index < -0.39 is 36.4 Å². The minimum absolute atomic E-state index is 0.150. The third-order valence-electron chi connectivity index (χ3n) is 4.82. The number of carbonyl (C=O) groups excluding carboxylic acids is 2. The maximum atomic E-state index is 12.5. The normalized spacial score (nSPS) is 23.1. The fourth-order valence-electron chi connectivity index (χ4n) is 3.29. The van der Waals surface area contributed by atoms with Crippen LogP contribution in [0, 0.1) is 0 Å². The number of aliphatic hydroxyl groups excluding tert-OH is 2. The summed E-state index contributed by atoms with van der Waals surface area (Å²) in [5.74, 6) is -0.807. The van der Waals surface area contributed by atoms with E-state index in [1.54, 1.807) is 31.2 Å². The molecule has 0 bridgehead atoms. The molecule has 0 radical (unpaired) electrons. The van der Waals surface area contributed by atoms with E-state index >= 15 is 0 Å². The Morgan fingerprint density at radius 3 is 2.61 bits per heavy atom. The van der Waals surface area contributed by atoms with Crippen molar-refractivity contribution in [3.8, 4) is 0 Å². The molecule has 1 aliphatic heterocycles. The van der Waals surface area contributed by atoms with Crippen molar-refractivity contribution in [1.29, 1.82) is 0 Å². The first-order chi connectivity index (χ1) is 14.9. The standard InChI is InChI=1S/C19H19ClN6O5/c1-2-21-18(30)14-12(27)13(28)19(31-14)26-8-24-11-15(22-7-23-16(11)26)25-17(29)9-3-5-10(20)6-4-9/h3-8,12-14,19,27-28H,2H2,1H3,(H,21,30)(H,22,23,25,29)/t12-,13+,14+,19-/m1/s1. The summed E-state index contributed by atoms with van der Waals surface area (Å²) in [6.07, 6.45) is -2.63. The summed E-state index contributed by atoms with van der Waals surface area (Å²) in [5.41, 5.74) is 0.865. The van der Waals surface area contributed by atoms with Crippen LogP contribution in [0.5, 0.6) is 0 Å². The van der Waals surface area contributed by atoms with Gasteiger partial charge in [0.1, 0.15) is 18.5 Å². The lowest BCUT2D eigenvalue weighted by atomic mass is 10.1. The van der Waals surface area contributed by atoms with Gasteiger partial charge in [-0.3, -0.25) is 14.2 Å². The molecule has 162 valence electrons. The molecule has 2 amide bonds. The van der Waals surface area contributed by atoms with Gasteiger partial charge in [0.05, 0.1) is 6.33 Å². The van der Waals surface area contributed by atoms with Gasteiger partial charge in [-0.2, -0.15) is 0 Å². The Hall–Kier alpha value is -3.12. The van der Waals surface area contributed by atoms with E-state index in [0.717, 1.165) is 0 Å². The number of aliphatic hydroxyl groups is 2. The summed E-state index contributed by atoms with van der Waals surface area (Å²) < 4.78 is 6.98. The van der Waals surface area contributed by atoms with E-state index in [-0.39, 0.29) is 17.0 Å². The maximum absolute atomic E-state index is 12.5. The smallest absolute Gasteiger partial charge is 0.256 e. The average Bonchev–Trinajstić information content (AvgIpc) is 3.31. The number of likely N-dealkylation sites (N-methyl/N-ethyl adjacent to an activating group) is 1. The van der Waals surface area contributed by atoms with Gasteiger partial charge in [-0.1, -0.05) is 11.6 Å². The van der Waals surface area contributed by atoms with Gasteiger partial charge in [-0.05, 0) is 31.2 Å². The van der Waals surface area contributed by atoms with E-state index in [0.29, 0.717) is 17.1 Å². The number of carbonyl (C=O) groups is 2. The molecule has 31 heavy (non-hydrogen) atoms. The van der Waals surface area contributed by atoms with Crippen LogP contribution in [-0.4, -0.2) is 66.4 Å². The Bertz CT molecular complexity index is 1120. The number of imidazole rings is 1. The molecule has 1 saturated heterocycles. The SMILES string of the molecule is CCNC(=O)[C@H]1O[C@@H](n2cnc3c(NC(=O)c4ccc(Cl)cc4)ncnc32)[C@@H](O)[C@H]1O. The number of halogens is 1. The minimum atomic E-state index is -1.43. The molecule has 0 unspecified atom stereocenters. The number of aromatic nitrogens is 4. The highest BCUT2D eigenvalue weighted by atomic mass is 35.5. The van der Waals surface area contributed by atoms with Crippen molar-refractivity contribution in [2.45, 2.75) is 31.5 Å². The van der Waals surface area contributed by atoms with Gasteiger partial charge in [-0.25, -0.2) is 15.0 Å². The first-order valence-electron chi connectivity index (χ1n) is 9.44. The number of rotatable bonds is 5. The van der Waals surface area contributed by atoms with Gasteiger partial charge >= 0.3 is 0 Å². The van der Waals surface area contributed by atoms with Crippen molar-refractivity contribution >= 4 is 40.4 Å². The zero-order valence-electron chi connectivity index (χ0n) is 16.3. The molecule has 12 heteroatoms. The van der Waals surface area contributed by atoms with E-state index in [2.05, 4.69) is 25.6 Å². The van der Waals surface area contributed by atoms with E-state index in [9.17, 15) is 19.8 Å². The molecule has 4 rings (SSSR count). The summed E-state index contributed by atoms with van der Waals surface area (Å²) in [5, 5.41) is 26.4. The molecule has 0 spiro atoms. The lowest BCUT2D eigenvalue weighted by molar-refractivity contribution is -0.137. The maximum Gasteiger partial charge on any atom is 0.256 e. The molecular formula is C19H19ClN6O5. The molecule has 1 aliphatic rings. The van der Waals surface area contributed by atoms with Gasteiger partial charge in [0.15, 0.2) is 29.3 Å². The van der Waals surface area contributed by atoms with Crippen LogP contribution in [-0.2, 0) is 9.53 Å². The molecule has 4 N–H and O–H groups in total. The highest BCUT2D eigenvalue weighted by molar-refractivity contribution is 6.30. The second-order valence-corrected chi connectivity index (χ2v) is 7.27. The van der Waals surface area contributed by atoms with Crippen molar-refractivity contribution in [3.63, 3.8) is 0 Å². The number of ether oxygens (including phenoxy) is 1. The van der Waals surface area contributed by atoms with Crippen molar-refractivity contribution in [3.05, 3.63) is 47.5 Å². The van der Waals surface area contributed by atoms with Crippen LogP contribution in [0.15, 0.2) is 36.9 Å². The van der Waals surface area contributed by atoms with Crippen LogP contribution < -0.4 is 10.6 Å². The molecule has 3 aromatic rings. The first kappa shape index (κ1) is 21.1. The molecule has 1 fully saturated rings. The van der Waals surface area contributed by atoms with Gasteiger partial charge in [0.2, 0.25) is 0 Å². The lowest BCUT2D eigenvalue weighted by Gasteiger charge is -2.16.